The van der Waals surface area contributed by atoms with Crippen molar-refractivity contribution in [1.82, 2.24) is 0 Å². The first-order valence-corrected chi connectivity index (χ1v) is 6.92. The van der Waals surface area contributed by atoms with Gasteiger partial charge >= 0.3 is 0 Å². The van der Waals surface area contributed by atoms with Crippen LogP contribution in [0.1, 0.15) is 58.8 Å². The Morgan fingerprint density at radius 3 is 2.47 bits per heavy atom. The van der Waals surface area contributed by atoms with Crippen LogP contribution in [0.15, 0.2) is 0 Å². The molecule has 15 heavy (non-hydrogen) atoms. The Balaban J connectivity index is 2.06. The van der Waals surface area contributed by atoms with E-state index in [4.69, 9.17) is 0 Å². The summed E-state index contributed by atoms with van der Waals surface area (Å²) in [5, 5.41) is 10.1. The third-order valence-electron chi connectivity index (χ3n) is 5.08. The fraction of sp³-hybridized carbons (Fsp3) is 1.00. The monoisotopic (exact) mass is 210 g/mol. The molecule has 2 saturated carbocycles. The number of fused-ring (bicyclic) bond motifs is 1. The van der Waals surface area contributed by atoms with Crippen LogP contribution in [0.2, 0.25) is 0 Å². The van der Waals surface area contributed by atoms with Gasteiger partial charge in [-0.05, 0) is 49.4 Å². The molecule has 0 radical (unpaired) electrons. The predicted molar refractivity (Wildman–Crippen MR) is 63.6 cm³/mol. The van der Waals surface area contributed by atoms with Crippen molar-refractivity contribution in [3.63, 3.8) is 0 Å². The van der Waals surface area contributed by atoms with E-state index in [9.17, 15) is 5.11 Å². The minimum absolute atomic E-state index is 0.0237. The largest absolute Gasteiger partial charge is 0.393 e. The van der Waals surface area contributed by atoms with Gasteiger partial charge in [-0.1, -0.05) is 33.1 Å². The Morgan fingerprint density at radius 1 is 1.07 bits per heavy atom. The molecule has 0 aromatic heterocycles. The summed E-state index contributed by atoms with van der Waals surface area (Å²) in [4.78, 5) is 0. The summed E-state index contributed by atoms with van der Waals surface area (Å²) in [7, 11) is 0. The quantitative estimate of drug-likeness (QED) is 0.738. The van der Waals surface area contributed by atoms with Crippen LogP contribution in [-0.4, -0.2) is 11.2 Å². The van der Waals surface area contributed by atoms with Crippen LogP contribution in [0.3, 0.4) is 0 Å². The minimum atomic E-state index is 0.0237. The molecular formula is C14H26O. The van der Waals surface area contributed by atoms with Crippen molar-refractivity contribution in [3.8, 4) is 0 Å². The Bertz CT molecular complexity index is 202. The smallest absolute Gasteiger partial charge is 0.0571 e. The summed E-state index contributed by atoms with van der Waals surface area (Å²) < 4.78 is 0. The topological polar surface area (TPSA) is 20.2 Å². The SMILES string of the molecule is CCC(C)C1CCCC2C(O)CCCC12. The third-order valence-corrected chi connectivity index (χ3v) is 5.08. The van der Waals surface area contributed by atoms with Crippen LogP contribution in [0.25, 0.3) is 0 Å². The molecular weight excluding hydrogens is 184 g/mol. The lowest BCUT2D eigenvalue weighted by atomic mass is 9.61. The molecule has 0 aromatic rings. The number of aliphatic hydroxyl groups excluding tert-OH is 1. The molecule has 1 heteroatoms. The van der Waals surface area contributed by atoms with E-state index >= 15 is 0 Å². The first-order chi connectivity index (χ1) is 7.24. The first-order valence-electron chi connectivity index (χ1n) is 6.92. The van der Waals surface area contributed by atoms with Crippen molar-refractivity contribution in [2.45, 2.75) is 64.9 Å². The van der Waals surface area contributed by atoms with Gasteiger partial charge in [0.1, 0.15) is 0 Å². The molecule has 88 valence electrons. The van der Waals surface area contributed by atoms with Gasteiger partial charge < -0.3 is 5.11 Å². The first kappa shape index (κ1) is 11.4. The summed E-state index contributed by atoms with van der Waals surface area (Å²) in [6.45, 7) is 4.72. The second-order valence-electron chi connectivity index (χ2n) is 5.81. The zero-order valence-corrected chi connectivity index (χ0v) is 10.3. The molecule has 5 unspecified atom stereocenters. The maximum atomic E-state index is 10.1. The molecule has 0 aromatic carbocycles. The summed E-state index contributed by atoms with van der Waals surface area (Å²) in [5.41, 5.74) is 0. The average Bonchev–Trinajstić information content (AvgIpc) is 2.28. The minimum Gasteiger partial charge on any atom is -0.393 e. The van der Waals surface area contributed by atoms with Crippen LogP contribution < -0.4 is 0 Å². The Kier molecular flexibility index (Phi) is 3.71. The lowest BCUT2D eigenvalue weighted by Crippen LogP contribution is -2.41. The highest BCUT2D eigenvalue weighted by Gasteiger charge is 2.40. The molecule has 5 atom stereocenters. The van der Waals surface area contributed by atoms with E-state index < -0.39 is 0 Å². The third kappa shape index (κ3) is 2.22. The molecule has 1 N–H and O–H groups in total. The van der Waals surface area contributed by atoms with E-state index in [0.717, 1.165) is 24.2 Å². The highest BCUT2D eigenvalue weighted by atomic mass is 16.3. The summed E-state index contributed by atoms with van der Waals surface area (Å²) in [6.07, 6.45) is 9.11. The summed E-state index contributed by atoms with van der Waals surface area (Å²) in [5.74, 6) is 3.26. The summed E-state index contributed by atoms with van der Waals surface area (Å²) >= 11 is 0. The molecule has 0 aliphatic heterocycles. The fourth-order valence-electron chi connectivity index (χ4n) is 4.03. The van der Waals surface area contributed by atoms with Crippen molar-refractivity contribution in [2.24, 2.45) is 23.7 Å². The number of aliphatic hydroxyl groups is 1. The van der Waals surface area contributed by atoms with E-state index in [1.807, 2.05) is 0 Å². The van der Waals surface area contributed by atoms with E-state index in [0.29, 0.717) is 5.92 Å². The number of rotatable bonds is 2. The van der Waals surface area contributed by atoms with Crippen molar-refractivity contribution in [2.75, 3.05) is 0 Å². The highest BCUT2D eigenvalue weighted by Crippen LogP contribution is 2.47. The molecule has 0 spiro atoms. The molecule has 0 bridgehead atoms. The van der Waals surface area contributed by atoms with Crippen molar-refractivity contribution >= 4 is 0 Å². The van der Waals surface area contributed by atoms with Crippen LogP contribution in [0.4, 0.5) is 0 Å². The average molecular weight is 210 g/mol. The van der Waals surface area contributed by atoms with Crippen molar-refractivity contribution in [3.05, 3.63) is 0 Å². The lowest BCUT2D eigenvalue weighted by Gasteiger charge is -2.46. The second kappa shape index (κ2) is 4.86. The molecule has 2 aliphatic carbocycles. The summed E-state index contributed by atoms with van der Waals surface area (Å²) in [6, 6.07) is 0. The molecule has 0 saturated heterocycles. The molecule has 0 amide bonds. The van der Waals surface area contributed by atoms with Crippen molar-refractivity contribution in [1.29, 1.82) is 0 Å². The molecule has 0 heterocycles. The van der Waals surface area contributed by atoms with Gasteiger partial charge in [-0.2, -0.15) is 0 Å². The van der Waals surface area contributed by atoms with E-state index in [2.05, 4.69) is 13.8 Å². The normalized spacial score (nSPS) is 43.4. The Hall–Kier alpha value is -0.0400. The maximum Gasteiger partial charge on any atom is 0.0571 e. The second-order valence-corrected chi connectivity index (χ2v) is 5.81. The Labute approximate surface area is 94.3 Å². The number of hydrogen-bond donors (Lipinski definition) is 1. The van der Waals surface area contributed by atoms with Gasteiger partial charge in [0, 0.05) is 0 Å². The van der Waals surface area contributed by atoms with E-state index in [1.165, 1.54) is 38.5 Å². The van der Waals surface area contributed by atoms with Crippen LogP contribution in [0, 0.1) is 23.7 Å². The van der Waals surface area contributed by atoms with Gasteiger partial charge in [-0.25, -0.2) is 0 Å². The van der Waals surface area contributed by atoms with Crippen LogP contribution in [0.5, 0.6) is 0 Å². The van der Waals surface area contributed by atoms with E-state index in [1.54, 1.807) is 0 Å². The van der Waals surface area contributed by atoms with Crippen LogP contribution >= 0.6 is 0 Å². The molecule has 2 aliphatic rings. The molecule has 2 rings (SSSR count). The van der Waals surface area contributed by atoms with Gasteiger partial charge in [0.25, 0.3) is 0 Å². The lowest BCUT2D eigenvalue weighted by molar-refractivity contribution is -0.0284. The number of hydrogen-bond acceptors (Lipinski definition) is 1. The van der Waals surface area contributed by atoms with Crippen LogP contribution in [-0.2, 0) is 0 Å². The van der Waals surface area contributed by atoms with Gasteiger partial charge in [0.2, 0.25) is 0 Å². The molecule has 1 nitrogen and oxygen atoms in total. The maximum absolute atomic E-state index is 10.1. The zero-order valence-electron chi connectivity index (χ0n) is 10.3. The van der Waals surface area contributed by atoms with Gasteiger partial charge in [-0.15, -0.1) is 0 Å². The fourth-order valence-corrected chi connectivity index (χ4v) is 4.03. The molecule has 2 fully saturated rings. The Morgan fingerprint density at radius 2 is 1.73 bits per heavy atom. The zero-order chi connectivity index (χ0) is 10.8. The van der Waals surface area contributed by atoms with Gasteiger partial charge in [0.05, 0.1) is 6.10 Å². The predicted octanol–water partition coefficient (Wildman–Crippen LogP) is 3.61. The van der Waals surface area contributed by atoms with Crippen molar-refractivity contribution < 1.29 is 5.11 Å². The van der Waals surface area contributed by atoms with Gasteiger partial charge in [-0.3, -0.25) is 0 Å². The standard InChI is InChI=1S/C14H26O/c1-3-10(2)11-6-4-8-13-12(11)7-5-9-14(13)15/h10-15H,3-9H2,1-2H3. The highest BCUT2D eigenvalue weighted by molar-refractivity contribution is 4.90. The van der Waals surface area contributed by atoms with E-state index in [-0.39, 0.29) is 6.10 Å². The van der Waals surface area contributed by atoms with Gasteiger partial charge in [0.15, 0.2) is 0 Å².